The van der Waals surface area contributed by atoms with Gasteiger partial charge in [-0.1, -0.05) is 18.1 Å². The molecular formula is C11H16IN3O. The van der Waals surface area contributed by atoms with Crippen molar-refractivity contribution in [2.45, 2.75) is 25.8 Å². The zero-order chi connectivity index (χ0) is 12.0. The number of hydrogen-bond acceptors (Lipinski definition) is 3. The van der Waals surface area contributed by atoms with Gasteiger partial charge >= 0.3 is 0 Å². The van der Waals surface area contributed by atoms with Gasteiger partial charge in [0.2, 0.25) is 0 Å². The van der Waals surface area contributed by atoms with Gasteiger partial charge in [-0.15, -0.1) is 0 Å². The highest BCUT2D eigenvalue weighted by Gasteiger charge is 2.08. The molecule has 0 spiro atoms. The lowest BCUT2D eigenvalue weighted by Crippen LogP contribution is -2.26. The van der Waals surface area contributed by atoms with Crippen LogP contribution in [0, 0.1) is 3.57 Å². The fourth-order valence-electron chi connectivity index (χ4n) is 1.40. The molecule has 1 atom stereocenters. The van der Waals surface area contributed by atoms with E-state index in [1.807, 2.05) is 18.2 Å². The summed E-state index contributed by atoms with van der Waals surface area (Å²) in [6.45, 7) is 2.07. The maximum atomic E-state index is 8.52. The third-order valence-corrected chi connectivity index (χ3v) is 2.94. The fraction of sp³-hybridized carbons (Fsp3) is 0.364. The lowest BCUT2D eigenvalue weighted by atomic mass is 10.1. The van der Waals surface area contributed by atoms with Gasteiger partial charge in [0.1, 0.15) is 5.84 Å². The number of anilines is 1. The Kier molecular flexibility index (Phi) is 5.37. The fourth-order valence-corrected chi connectivity index (χ4v) is 1.95. The van der Waals surface area contributed by atoms with Crippen LogP contribution in [-0.2, 0) is 0 Å². The van der Waals surface area contributed by atoms with E-state index >= 15 is 0 Å². The molecule has 0 aromatic heterocycles. The first-order valence-electron chi connectivity index (χ1n) is 5.14. The van der Waals surface area contributed by atoms with E-state index < -0.39 is 0 Å². The van der Waals surface area contributed by atoms with Crippen LogP contribution in [0.15, 0.2) is 29.4 Å². The molecule has 0 fully saturated rings. The van der Waals surface area contributed by atoms with Crippen LogP contribution in [-0.4, -0.2) is 17.1 Å². The summed E-state index contributed by atoms with van der Waals surface area (Å²) >= 11 is 2.27. The van der Waals surface area contributed by atoms with E-state index in [1.54, 1.807) is 0 Å². The van der Waals surface area contributed by atoms with Crippen molar-refractivity contribution in [2.75, 3.05) is 5.32 Å². The molecule has 0 heterocycles. The molecular weight excluding hydrogens is 317 g/mol. The second-order valence-corrected chi connectivity index (χ2v) is 4.80. The van der Waals surface area contributed by atoms with Crippen molar-refractivity contribution in [3.8, 4) is 0 Å². The second-order valence-electron chi connectivity index (χ2n) is 3.56. The standard InChI is InChI=1S/C11H16IN3O/c1-2-9(7-11(13)15-16)14-10-5-3-4-8(12)6-10/h3-6,9,14,16H,2,7H2,1H3,(H2,13,15). The Morgan fingerprint density at radius 2 is 2.38 bits per heavy atom. The molecule has 0 radical (unpaired) electrons. The number of hydrogen-bond donors (Lipinski definition) is 3. The molecule has 0 saturated carbocycles. The number of rotatable bonds is 5. The third kappa shape index (κ3) is 4.26. The molecule has 0 bridgehead atoms. The summed E-state index contributed by atoms with van der Waals surface area (Å²) in [5.74, 6) is 0.255. The van der Waals surface area contributed by atoms with E-state index in [4.69, 9.17) is 10.9 Å². The molecule has 1 unspecified atom stereocenters. The molecule has 0 aliphatic carbocycles. The largest absolute Gasteiger partial charge is 0.409 e. The van der Waals surface area contributed by atoms with Crippen LogP contribution >= 0.6 is 22.6 Å². The molecule has 1 aromatic carbocycles. The van der Waals surface area contributed by atoms with Crippen molar-refractivity contribution >= 4 is 34.1 Å². The van der Waals surface area contributed by atoms with Crippen LogP contribution in [0.5, 0.6) is 0 Å². The minimum absolute atomic E-state index is 0.189. The summed E-state index contributed by atoms with van der Waals surface area (Å²) in [5, 5.41) is 14.9. The summed E-state index contributed by atoms with van der Waals surface area (Å²) in [5.41, 5.74) is 6.55. The van der Waals surface area contributed by atoms with Gasteiger partial charge in [0.05, 0.1) is 0 Å². The SMILES string of the molecule is CCC(CC(N)=NO)Nc1cccc(I)c1. The molecule has 88 valence electrons. The van der Waals surface area contributed by atoms with E-state index in [0.717, 1.165) is 12.1 Å². The summed E-state index contributed by atoms with van der Waals surface area (Å²) in [7, 11) is 0. The van der Waals surface area contributed by atoms with Gasteiger partial charge in [0.25, 0.3) is 0 Å². The highest BCUT2D eigenvalue weighted by molar-refractivity contribution is 14.1. The van der Waals surface area contributed by atoms with Gasteiger partial charge in [0, 0.05) is 21.7 Å². The maximum Gasteiger partial charge on any atom is 0.141 e. The van der Waals surface area contributed by atoms with Gasteiger partial charge in [-0.05, 0) is 47.2 Å². The summed E-state index contributed by atoms with van der Waals surface area (Å²) in [4.78, 5) is 0. The van der Waals surface area contributed by atoms with Crippen molar-refractivity contribution in [2.24, 2.45) is 10.9 Å². The maximum absolute atomic E-state index is 8.52. The molecule has 1 rings (SSSR count). The Bertz CT molecular complexity index is 368. The van der Waals surface area contributed by atoms with Gasteiger partial charge in [0.15, 0.2) is 0 Å². The van der Waals surface area contributed by atoms with Crippen LogP contribution in [0.1, 0.15) is 19.8 Å². The van der Waals surface area contributed by atoms with Crippen LogP contribution in [0.2, 0.25) is 0 Å². The average molecular weight is 333 g/mol. The Hall–Kier alpha value is -0.980. The van der Waals surface area contributed by atoms with Crippen LogP contribution < -0.4 is 11.1 Å². The van der Waals surface area contributed by atoms with Crippen LogP contribution in [0.4, 0.5) is 5.69 Å². The van der Waals surface area contributed by atoms with Crippen molar-refractivity contribution < 1.29 is 5.21 Å². The van der Waals surface area contributed by atoms with Crippen molar-refractivity contribution in [3.63, 3.8) is 0 Å². The minimum Gasteiger partial charge on any atom is -0.409 e. The van der Waals surface area contributed by atoms with E-state index in [-0.39, 0.29) is 11.9 Å². The average Bonchev–Trinajstić information content (AvgIpc) is 2.28. The van der Waals surface area contributed by atoms with Crippen molar-refractivity contribution in [1.82, 2.24) is 0 Å². The molecule has 0 amide bonds. The first kappa shape index (κ1) is 13.1. The monoisotopic (exact) mass is 333 g/mol. The second kappa shape index (κ2) is 6.57. The number of nitrogens with one attached hydrogen (secondary N) is 1. The molecule has 16 heavy (non-hydrogen) atoms. The number of nitrogens with zero attached hydrogens (tertiary/aromatic N) is 1. The lowest BCUT2D eigenvalue weighted by Gasteiger charge is -2.17. The zero-order valence-corrected chi connectivity index (χ0v) is 11.3. The molecule has 5 heteroatoms. The van der Waals surface area contributed by atoms with Crippen molar-refractivity contribution in [3.05, 3.63) is 27.8 Å². The van der Waals surface area contributed by atoms with Gasteiger partial charge in [-0.2, -0.15) is 0 Å². The first-order valence-corrected chi connectivity index (χ1v) is 6.22. The smallest absolute Gasteiger partial charge is 0.141 e. The Morgan fingerprint density at radius 1 is 1.62 bits per heavy atom. The number of oxime groups is 1. The quantitative estimate of drug-likeness (QED) is 0.255. The number of nitrogens with two attached hydrogens (primary N) is 1. The van der Waals surface area contributed by atoms with Gasteiger partial charge in [-0.25, -0.2) is 0 Å². The Labute approximate surface area is 109 Å². The molecule has 0 aliphatic heterocycles. The Morgan fingerprint density at radius 3 is 2.94 bits per heavy atom. The normalized spacial score (nSPS) is 13.5. The van der Waals surface area contributed by atoms with Crippen LogP contribution in [0.25, 0.3) is 0 Å². The molecule has 4 nitrogen and oxygen atoms in total. The third-order valence-electron chi connectivity index (χ3n) is 2.27. The van der Waals surface area contributed by atoms with E-state index in [9.17, 15) is 0 Å². The topological polar surface area (TPSA) is 70.6 Å². The summed E-state index contributed by atoms with van der Waals surface area (Å²) < 4.78 is 1.18. The minimum atomic E-state index is 0.189. The predicted octanol–water partition coefficient (Wildman–Crippen LogP) is 2.62. The first-order chi connectivity index (χ1) is 7.65. The van der Waals surface area contributed by atoms with Crippen LogP contribution in [0.3, 0.4) is 0 Å². The predicted molar refractivity (Wildman–Crippen MR) is 74.9 cm³/mol. The number of benzene rings is 1. The highest BCUT2D eigenvalue weighted by atomic mass is 127. The van der Waals surface area contributed by atoms with Gasteiger partial charge in [-0.3, -0.25) is 0 Å². The molecule has 0 saturated heterocycles. The van der Waals surface area contributed by atoms with Gasteiger partial charge < -0.3 is 16.3 Å². The number of amidine groups is 1. The molecule has 0 aliphatic rings. The van der Waals surface area contributed by atoms with E-state index in [2.05, 4.69) is 46.1 Å². The molecule has 4 N–H and O–H groups in total. The van der Waals surface area contributed by atoms with E-state index in [1.165, 1.54) is 3.57 Å². The zero-order valence-electron chi connectivity index (χ0n) is 9.15. The van der Waals surface area contributed by atoms with Crippen molar-refractivity contribution in [1.29, 1.82) is 0 Å². The summed E-state index contributed by atoms with van der Waals surface area (Å²) in [6, 6.07) is 8.30. The number of halogens is 1. The lowest BCUT2D eigenvalue weighted by molar-refractivity contribution is 0.316. The molecule has 1 aromatic rings. The highest BCUT2D eigenvalue weighted by Crippen LogP contribution is 2.15. The summed E-state index contributed by atoms with van der Waals surface area (Å²) in [6.07, 6.45) is 1.46. The van der Waals surface area contributed by atoms with E-state index in [0.29, 0.717) is 6.42 Å². The Balaban J connectivity index is 2.63.